The Labute approximate surface area is 57.0 Å². The average molecular weight is 131 g/mol. The lowest BCUT2D eigenvalue weighted by atomic mass is 10.3. The Morgan fingerprint density at radius 1 is 1.44 bits per heavy atom. The minimum Gasteiger partial charge on any atom is -0.317 e. The molecule has 0 rings (SSSR count). The van der Waals surface area contributed by atoms with Gasteiger partial charge in [0.2, 0.25) is 0 Å². The van der Waals surface area contributed by atoms with Crippen LogP contribution in [0.5, 0.6) is 0 Å². The average Bonchev–Trinajstić information content (AvgIpc) is 1.63. The van der Waals surface area contributed by atoms with Crippen LogP contribution >= 0.6 is 0 Å². The number of rotatable bonds is 4. The summed E-state index contributed by atoms with van der Waals surface area (Å²) < 4.78 is 0. The molecule has 56 valence electrons. The van der Waals surface area contributed by atoms with Crippen LogP contribution in [0, 0.1) is 0 Å². The number of nitrogens with one attached hydrogen (secondary N) is 2. The van der Waals surface area contributed by atoms with Gasteiger partial charge in [0.25, 0.3) is 0 Å². The third kappa shape index (κ3) is 5.76. The maximum absolute atomic E-state index is 5.61. The van der Waals surface area contributed by atoms with Crippen molar-refractivity contribution < 1.29 is 0 Å². The molecule has 4 N–H and O–H groups in total. The van der Waals surface area contributed by atoms with Crippen molar-refractivity contribution >= 4 is 0 Å². The zero-order valence-corrected chi connectivity index (χ0v) is 6.44. The maximum Gasteiger partial charge on any atom is 0.0676 e. The molecule has 1 atom stereocenters. The zero-order valence-electron chi connectivity index (χ0n) is 6.44. The van der Waals surface area contributed by atoms with Crippen molar-refractivity contribution in [2.45, 2.75) is 26.1 Å². The fraction of sp³-hybridized carbons (Fsp3) is 1.00. The number of hydrogen-bond donors (Lipinski definition) is 3. The normalized spacial score (nSPS) is 14.3. The van der Waals surface area contributed by atoms with Gasteiger partial charge in [-0.1, -0.05) is 0 Å². The topological polar surface area (TPSA) is 50.1 Å². The summed E-state index contributed by atoms with van der Waals surface area (Å²) in [4.78, 5) is 0. The monoisotopic (exact) mass is 131 g/mol. The molecule has 0 spiro atoms. The first-order valence-corrected chi connectivity index (χ1v) is 3.33. The van der Waals surface area contributed by atoms with E-state index in [1.165, 1.54) is 0 Å². The van der Waals surface area contributed by atoms with Crippen LogP contribution in [0.15, 0.2) is 0 Å². The first-order valence-electron chi connectivity index (χ1n) is 3.33. The molecule has 0 aliphatic carbocycles. The highest BCUT2D eigenvalue weighted by Crippen LogP contribution is 1.76. The van der Waals surface area contributed by atoms with Crippen LogP contribution in [0.1, 0.15) is 13.8 Å². The van der Waals surface area contributed by atoms with Crippen molar-refractivity contribution in [3.05, 3.63) is 0 Å². The van der Waals surface area contributed by atoms with Crippen LogP contribution in [-0.4, -0.2) is 25.8 Å². The fourth-order valence-electron chi connectivity index (χ4n) is 0.707. The van der Waals surface area contributed by atoms with E-state index in [0.717, 1.165) is 6.54 Å². The standard InChI is InChI=1S/C6H17N3/c1-5(2)9-6(7)4-8-3/h5-6,8-9H,4,7H2,1-3H3/t6-/m0/s1. The number of hydrogen-bond acceptors (Lipinski definition) is 3. The van der Waals surface area contributed by atoms with E-state index in [0.29, 0.717) is 6.04 Å². The Bertz CT molecular complexity index is 63.3. The molecular weight excluding hydrogens is 114 g/mol. The molecule has 0 saturated heterocycles. The molecule has 0 saturated carbocycles. The van der Waals surface area contributed by atoms with Gasteiger partial charge >= 0.3 is 0 Å². The number of nitrogens with two attached hydrogens (primary N) is 1. The molecule has 0 aliphatic rings. The van der Waals surface area contributed by atoms with E-state index >= 15 is 0 Å². The maximum atomic E-state index is 5.61. The van der Waals surface area contributed by atoms with Gasteiger partial charge in [-0.3, -0.25) is 5.32 Å². The Hall–Kier alpha value is -0.120. The zero-order chi connectivity index (χ0) is 7.28. The van der Waals surface area contributed by atoms with Crippen molar-refractivity contribution in [1.82, 2.24) is 10.6 Å². The Morgan fingerprint density at radius 2 is 2.00 bits per heavy atom. The third-order valence-corrected chi connectivity index (χ3v) is 0.971. The van der Waals surface area contributed by atoms with Crippen molar-refractivity contribution in [3.63, 3.8) is 0 Å². The van der Waals surface area contributed by atoms with E-state index in [9.17, 15) is 0 Å². The van der Waals surface area contributed by atoms with Crippen molar-refractivity contribution in [1.29, 1.82) is 0 Å². The largest absolute Gasteiger partial charge is 0.317 e. The molecule has 3 nitrogen and oxygen atoms in total. The van der Waals surface area contributed by atoms with Gasteiger partial charge in [-0.25, -0.2) is 0 Å². The second-order valence-corrected chi connectivity index (χ2v) is 2.49. The molecule has 0 aromatic heterocycles. The lowest BCUT2D eigenvalue weighted by molar-refractivity contribution is 0.459. The van der Waals surface area contributed by atoms with Gasteiger partial charge in [0, 0.05) is 12.6 Å². The lowest BCUT2D eigenvalue weighted by Gasteiger charge is -2.15. The second-order valence-electron chi connectivity index (χ2n) is 2.49. The predicted octanol–water partition coefficient (Wildman–Crippen LogP) is -0.511. The van der Waals surface area contributed by atoms with Crippen LogP contribution < -0.4 is 16.4 Å². The summed E-state index contributed by atoms with van der Waals surface area (Å²) in [6.07, 6.45) is 0.0787. The molecule has 0 radical (unpaired) electrons. The van der Waals surface area contributed by atoms with Crippen LogP contribution in [0.3, 0.4) is 0 Å². The van der Waals surface area contributed by atoms with Gasteiger partial charge in [0.1, 0.15) is 0 Å². The summed E-state index contributed by atoms with van der Waals surface area (Å²) in [7, 11) is 1.89. The van der Waals surface area contributed by atoms with Crippen molar-refractivity contribution in [3.8, 4) is 0 Å². The van der Waals surface area contributed by atoms with Crippen LogP contribution in [0.4, 0.5) is 0 Å². The third-order valence-electron chi connectivity index (χ3n) is 0.971. The highest BCUT2D eigenvalue weighted by Gasteiger charge is 1.99. The van der Waals surface area contributed by atoms with Gasteiger partial charge in [0.05, 0.1) is 6.17 Å². The first-order chi connectivity index (χ1) is 4.16. The van der Waals surface area contributed by atoms with Crippen molar-refractivity contribution in [2.75, 3.05) is 13.6 Å². The molecule has 9 heavy (non-hydrogen) atoms. The summed E-state index contributed by atoms with van der Waals surface area (Å²) in [6, 6.07) is 0.466. The van der Waals surface area contributed by atoms with E-state index in [1.54, 1.807) is 0 Å². The second kappa shape index (κ2) is 4.73. The molecule has 0 unspecified atom stereocenters. The van der Waals surface area contributed by atoms with Gasteiger partial charge in [-0.2, -0.15) is 0 Å². The summed E-state index contributed by atoms with van der Waals surface area (Å²) in [5, 5.41) is 6.14. The molecule has 3 heteroatoms. The van der Waals surface area contributed by atoms with E-state index in [4.69, 9.17) is 5.73 Å². The summed E-state index contributed by atoms with van der Waals surface area (Å²) in [6.45, 7) is 4.98. The summed E-state index contributed by atoms with van der Waals surface area (Å²) in [5.41, 5.74) is 5.61. The highest BCUT2D eigenvalue weighted by atomic mass is 15.1. The SMILES string of the molecule is CNC[C@@H](N)NC(C)C. The molecule has 0 aliphatic heterocycles. The number of likely N-dealkylation sites (N-methyl/N-ethyl adjacent to an activating group) is 1. The van der Waals surface area contributed by atoms with Gasteiger partial charge in [0.15, 0.2) is 0 Å². The molecule has 0 fully saturated rings. The lowest BCUT2D eigenvalue weighted by Crippen LogP contribution is -2.47. The minimum absolute atomic E-state index is 0.0787. The molecule has 0 aromatic rings. The predicted molar refractivity (Wildman–Crippen MR) is 40.2 cm³/mol. The van der Waals surface area contributed by atoms with Crippen LogP contribution in [0.25, 0.3) is 0 Å². The minimum atomic E-state index is 0.0787. The van der Waals surface area contributed by atoms with E-state index in [2.05, 4.69) is 24.5 Å². The quantitative estimate of drug-likeness (QED) is 0.450. The van der Waals surface area contributed by atoms with E-state index < -0.39 is 0 Å². The molecule has 0 aromatic carbocycles. The molecule has 0 heterocycles. The van der Waals surface area contributed by atoms with Crippen LogP contribution in [-0.2, 0) is 0 Å². The molecule has 0 amide bonds. The Balaban J connectivity index is 3.15. The van der Waals surface area contributed by atoms with Crippen LogP contribution in [0.2, 0.25) is 0 Å². The van der Waals surface area contributed by atoms with Crippen molar-refractivity contribution in [2.24, 2.45) is 5.73 Å². The van der Waals surface area contributed by atoms with E-state index in [1.807, 2.05) is 7.05 Å². The summed E-state index contributed by atoms with van der Waals surface area (Å²) in [5.74, 6) is 0. The fourth-order valence-corrected chi connectivity index (χ4v) is 0.707. The van der Waals surface area contributed by atoms with Gasteiger partial charge in [-0.15, -0.1) is 0 Å². The van der Waals surface area contributed by atoms with Gasteiger partial charge < -0.3 is 11.1 Å². The molecular formula is C6H17N3. The smallest absolute Gasteiger partial charge is 0.0676 e. The van der Waals surface area contributed by atoms with Gasteiger partial charge in [-0.05, 0) is 20.9 Å². The highest BCUT2D eigenvalue weighted by molar-refractivity contribution is 4.62. The Morgan fingerprint density at radius 3 is 2.33 bits per heavy atom. The summed E-state index contributed by atoms with van der Waals surface area (Å²) >= 11 is 0. The first kappa shape index (κ1) is 8.88. The Kier molecular flexibility index (Phi) is 4.67. The molecule has 0 bridgehead atoms. The van der Waals surface area contributed by atoms with E-state index in [-0.39, 0.29) is 6.17 Å².